The van der Waals surface area contributed by atoms with E-state index in [9.17, 15) is 14.7 Å². The van der Waals surface area contributed by atoms with Gasteiger partial charge in [-0.2, -0.15) is 5.10 Å². The van der Waals surface area contributed by atoms with Crippen LogP contribution in [-0.2, 0) is 11.3 Å². The van der Waals surface area contributed by atoms with Gasteiger partial charge in [-0.3, -0.25) is 5.10 Å². The number of nitrogens with one attached hydrogen (secondary N) is 2. The first-order valence-electron chi connectivity index (χ1n) is 7.44. The molecule has 1 aromatic heterocycles. The van der Waals surface area contributed by atoms with Gasteiger partial charge in [-0.05, 0) is 31.2 Å². The van der Waals surface area contributed by atoms with Gasteiger partial charge >= 0.3 is 12.0 Å². The second-order valence-corrected chi connectivity index (χ2v) is 5.85. The molecule has 3 unspecified atom stereocenters. The molecule has 3 rings (SSSR count). The fourth-order valence-corrected chi connectivity index (χ4v) is 3.62. The minimum absolute atomic E-state index is 0.0709. The van der Waals surface area contributed by atoms with Gasteiger partial charge in [0.2, 0.25) is 0 Å². The second-order valence-electron chi connectivity index (χ2n) is 5.85. The van der Waals surface area contributed by atoms with Crippen molar-refractivity contribution in [2.45, 2.75) is 50.7 Å². The number of carbonyl (C=O) groups is 2. The standard InChI is InChI=1S/C14H20N4O3/c19-13(20)12-7-9-3-1-2-4-11(9)18(12)14(21)15-8-10-5-6-16-17-10/h5-6,9,11-12H,1-4,7-8H2,(H,15,21)(H,16,17)(H,19,20). The molecule has 7 nitrogen and oxygen atoms in total. The SMILES string of the molecule is O=C(O)C1CC2CCCCC2N1C(=O)NCc1ccn[nH]1. The Morgan fingerprint density at radius 3 is 2.95 bits per heavy atom. The van der Waals surface area contributed by atoms with Crippen molar-refractivity contribution in [1.29, 1.82) is 0 Å². The lowest BCUT2D eigenvalue weighted by molar-refractivity contribution is -0.141. The van der Waals surface area contributed by atoms with Crippen molar-refractivity contribution in [3.05, 3.63) is 18.0 Å². The Hall–Kier alpha value is -2.05. The van der Waals surface area contributed by atoms with Crippen molar-refractivity contribution >= 4 is 12.0 Å². The number of rotatable bonds is 3. The van der Waals surface area contributed by atoms with Crippen LogP contribution in [0.2, 0.25) is 0 Å². The summed E-state index contributed by atoms with van der Waals surface area (Å²) in [5.74, 6) is -0.571. The highest BCUT2D eigenvalue weighted by Crippen LogP contribution is 2.39. The highest BCUT2D eigenvalue weighted by molar-refractivity contribution is 5.83. The molecule has 2 amide bonds. The van der Waals surface area contributed by atoms with E-state index in [2.05, 4.69) is 15.5 Å². The minimum Gasteiger partial charge on any atom is -0.480 e. The Morgan fingerprint density at radius 1 is 1.43 bits per heavy atom. The van der Waals surface area contributed by atoms with Crippen LogP contribution in [0.1, 0.15) is 37.8 Å². The number of H-pyrrole nitrogens is 1. The fourth-order valence-electron chi connectivity index (χ4n) is 3.62. The summed E-state index contributed by atoms with van der Waals surface area (Å²) in [7, 11) is 0. The van der Waals surface area contributed by atoms with Crippen molar-refractivity contribution in [1.82, 2.24) is 20.4 Å². The lowest BCUT2D eigenvalue weighted by atomic mass is 9.85. The zero-order valence-electron chi connectivity index (χ0n) is 11.8. The lowest BCUT2D eigenvalue weighted by Gasteiger charge is -2.32. The average molecular weight is 292 g/mol. The Balaban J connectivity index is 1.70. The summed E-state index contributed by atoms with van der Waals surface area (Å²) in [5.41, 5.74) is 0.801. The number of carbonyl (C=O) groups excluding carboxylic acids is 1. The number of carboxylic acid groups (broad SMARTS) is 1. The number of hydrogen-bond acceptors (Lipinski definition) is 3. The molecule has 1 saturated carbocycles. The number of carboxylic acids is 1. The topological polar surface area (TPSA) is 98.3 Å². The van der Waals surface area contributed by atoms with Crippen LogP contribution in [0.15, 0.2) is 12.3 Å². The number of aromatic amines is 1. The quantitative estimate of drug-likeness (QED) is 0.783. The molecule has 2 aliphatic rings. The molecule has 114 valence electrons. The molecular weight excluding hydrogens is 272 g/mol. The molecule has 0 bridgehead atoms. The van der Waals surface area contributed by atoms with Gasteiger partial charge < -0.3 is 15.3 Å². The van der Waals surface area contributed by atoms with E-state index in [1.807, 2.05) is 0 Å². The van der Waals surface area contributed by atoms with Crippen molar-refractivity contribution in [2.75, 3.05) is 0 Å². The first kappa shape index (κ1) is 13.9. The summed E-state index contributed by atoms with van der Waals surface area (Å²) >= 11 is 0. The Morgan fingerprint density at radius 2 is 2.24 bits per heavy atom. The monoisotopic (exact) mass is 292 g/mol. The zero-order chi connectivity index (χ0) is 14.8. The molecule has 2 heterocycles. The molecule has 0 radical (unpaired) electrons. The molecule has 2 fully saturated rings. The van der Waals surface area contributed by atoms with E-state index in [4.69, 9.17) is 0 Å². The van der Waals surface area contributed by atoms with Gasteiger partial charge in [-0.1, -0.05) is 12.8 Å². The molecule has 1 aliphatic carbocycles. The van der Waals surface area contributed by atoms with Gasteiger partial charge in [0.1, 0.15) is 6.04 Å². The minimum atomic E-state index is -0.902. The van der Waals surface area contributed by atoms with Crippen molar-refractivity contribution < 1.29 is 14.7 Å². The average Bonchev–Trinajstić information content (AvgIpc) is 3.11. The van der Waals surface area contributed by atoms with Crippen molar-refractivity contribution in [3.8, 4) is 0 Å². The highest BCUT2D eigenvalue weighted by atomic mass is 16.4. The summed E-state index contributed by atoms with van der Waals surface area (Å²) in [6.07, 6.45) is 6.34. The summed E-state index contributed by atoms with van der Waals surface area (Å²) in [4.78, 5) is 25.4. The molecule has 7 heteroatoms. The van der Waals surface area contributed by atoms with Crippen molar-refractivity contribution in [2.24, 2.45) is 5.92 Å². The number of aromatic nitrogens is 2. The molecular formula is C14H20N4O3. The van der Waals surface area contributed by atoms with Crippen LogP contribution >= 0.6 is 0 Å². The van der Waals surface area contributed by atoms with E-state index in [1.54, 1.807) is 17.2 Å². The predicted molar refractivity (Wildman–Crippen MR) is 74.4 cm³/mol. The van der Waals surface area contributed by atoms with Gasteiger partial charge in [-0.15, -0.1) is 0 Å². The van der Waals surface area contributed by atoms with E-state index in [1.165, 1.54) is 0 Å². The maximum atomic E-state index is 12.4. The third-order valence-corrected chi connectivity index (χ3v) is 4.60. The summed E-state index contributed by atoms with van der Waals surface area (Å²) in [5, 5.41) is 18.8. The summed E-state index contributed by atoms with van der Waals surface area (Å²) in [6, 6.07) is 0.871. The largest absolute Gasteiger partial charge is 0.480 e. The first-order chi connectivity index (χ1) is 10.2. The molecule has 3 N–H and O–H groups in total. The number of urea groups is 1. The van der Waals surface area contributed by atoms with Crippen LogP contribution < -0.4 is 5.32 Å². The van der Waals surface area contributed by atoms with E-state index in [0.717, 1.165) is 31.4 Å². The van der Waals surface area contributed by atoms with Gasteiger partial charge in [0, 0.05) is 12.2 Å². The second kappa shape index (κ2) is 5.75. The molecule has 0 spiro atoms. The van der Waals surface area contributed by atoms with E-state index >= 15 is 0 Å². The molecule has 1 aliphatic heterocycles. The molecule has 1 aromatic rings. The Bertz CT molecular complexity index is 516. The Kier molecular flexibility index (Phi) is 3.81. The molecule has 21 heavy (non-hydrogen) atoms. The smallest absolute Gasteiger partial charge is 0.326 e. The van der Waals surface area contributed by atoms with Crippen LogP contribution in [0, 0.1) is 5.92 Å². The summed E-state index contributed by atoms with van der Waals surface area (Å²) < 4.78 is 0. The van der Waals surface area contributed by atoms with Crippen LogP contribution in [0.25, 0.3) is 0 Å². The van der Waals surface area contributed by atoms with Crippen LogP contribution in [0.3, 0.4) is 0 Å². The molecule has 0 aromatic carbocycles. The third kappa shape index (κ3) is 2.72. The van der Waals surface area contributed by atoms with Gasteiger partial charge in [-0.25, -0.2) is 9.59 Å². The predicted octanol–water partition coefficient (Wildman–Crippen LogP) is 1.34. The van der Waals surface area contributed by atoms with E-state index in [-0.39, 0.29) is 12.1 Å². The molecule has 3 atom stereocenters. The number of hydrogen-bond donors (Lipinski definition) is 3. The normalized spacial score (nSPS) is 28.2. The van der Waals surface area contributed by atoms with Gasteiger partial charge in [0.15, 0.2) is 0 Å². The first-order valence-corrected chi connectivity index (χ1v) is 7.44. The third-order valence-electron chi connectivity index (χ3n) is 4.60. The van der Waals surface area contributed by atoms with E-state index in [0.29, 0.717) is 18.9 Å². The summed E-state index contributed by atoms with van der Waals surface area (Å²) in [6.45, 7) is 0.332. The maximum Gasteiger partial charge on any atom is 0.326 e. The lowest BCUT2D eigenvalue weighted by Crippen LogP contribution is -2.50. The number of likely N-dealkylation sites (tertiary alicyclic amines) is 1. The number of nitrogens with zero attached hydrogens (tertiary/aromatic N) is 2. The van der Waals surface area contributed by atoms with Crippen molar-refractivity contribution in [3.63, 3.8) is 0 Å². The molecule has 1 saturated heterocycles. The zero-order valence-corrected chi connectivity index (χ0v) is 11.8. The number of aliphatic carboxylic acids is 1. The maximum absolute atomic E-state index is 12.4. The number of fused-ring (bicyclic) bond motifs is 1. The Labute approximate surface area is 122 Å². The van der Waals surface area contributed by atoms with Gasteiger partial charge in [0.25, 0.3) is 0 Å². The van der Waals surface area contributed by atoms with Crippen LogP contribution in [-0.4, -0.2) is 44.3 Å². The van der Waals surface area contributed by atoms with Crippen LogP contribution in [0.5, 0.6) is 0 Å². The van der Waals surface area contributed by atoms with E-state index < -0.39 is 12.0 Å². The van der Waals surface area contributed by atoms with Gasteiger partial charge in [0.05, 0.1) is 12.2 Å². The highest BCUT2D eigenvalue weighted by Gasteiger charge is 2.47. The number of amides is 2. The van der Waals surface area contributed by atoms with Crippen LogP contribution in [0.4, 0.5) is 4.79 Å². The fraction of sp³-hybridized carbons (Fsp3) is 0.643.